The first-order valence-electron chi connectivity index (χ1n) is 13.0. The topological polar surface area (TPSA) is 147 Å². The van der Waals surface area contributed by atoms with Gasteiger partial charge in [0.1, 0.15) is 28.6 Å². The summed E-state index contributed by atoms with van der Waals surface area (Å²) in [7, 11) is 1.56. The first-order chi connectivity index (χ1) is 17.9. The highest BCUT2D eigenvalue weighted by atomic mass is 16.5. The summed E-state index contributed by atoms with van der Waals surface area (Å²) in [4.78, 5) is 39.0. The lowest BCUT2D eigenvalue weighted by Gasteiger charge is -2.49. The van der Waals surface area contributed by atoms with Crippen molar-refractivity contribution in [2.45, 2.75) is 58.3 Å². The van der Waals surface area contributed by atoms with Crippen molar-refractivity contribution in [3.05, 3.63) is 51.3 Å². The number of ether oxygens (including phenoxy) is 1. The van der Waals surface area contributed by atoms with Crippen molar-refractivity contribution < 1.29 is 34.4 Å². The lowest BCUT2D eigenvalue weighted by molar-refractivity contribution is -0.124. The fraction of sp³-hybridized carbons (Fsp3) is 0.433. The second-order valence-electron chi connectivity index (χ2n) is 11.9. The number of aliphatic hydroxyl groups excluding tert-OH is 1. The molecule has 0 saturated carbocycles. The summed E-state index contributed by atoms with van der Waals surface area (Å²) in [6.07, 6.45) is 4.85. The number of rotatable bonds is 2. The average Bonchev–Trinajstić information content (AvgIpc) is 3.18. The van der Waals surface area contributed by atoms with Crippen molar-refractivity contribution >= 4 is 28.2 Å². The number of Topliss-reactive ketones (excluding diaryl/α,β-unsaturated/α-hetero) is 2. The number of carbonyl (C=O) groups is 3. The van der Waals surface area contributed by atoms with Gasteiger partial charge in [-0.05, 0) is 55.1 Å². The van der Waals surface area contributed by atoms with Crippen LogP contribution in [0.2, 0.25) is 0 Å². The Morgan fingerprint density at radius 1 is 1.08 bits per heavy atom. The van der Waals surface area contributed by atoms with Gasteiger partial charge in [-0.3, -0.25) is 14.4 Å². The third-order valence-corrected chi connectivity index (χ3v) is 9.83. The van der Waals surface area contributed by atoms with Crippen molar-refractivity contribution in [3.8, 4) is 17.2 Å². The normalized spacial score (nSPS) is 27.4. The van der Waals surface area contributed by atoms with Crippen molar-refractivity contribution in [2.24, 2.45) is 23.0 Å². The average molecular weight is 518 g/mol. The van der Waals surface area contributed by atoms with E-state index in [1.165, 1.54) is 11.6 Å². The Hall–Kier alpha value is -3.81. The molecule has 0 aromatic heterocycles. The van der Waals surface area contributed by atoms with Crippen LogP contribution in [0.25, 0.3) is 10.8 Å². The van der Waals surface area contributed by atoms with Crippen molar-refractivity contribution in [2.75, 3.05) is 7.11 Å². The number of phenolic OH excluding ortho intramolecular Hbond substituents is 2. The molecule has 0 aliphatic heterocycles. The van der Waals surface area contributed by atoms with Crippen LogP contribution in [0, 0.1) is 17.3 Å². The molecule has 0 saturated heterocycles. The van der Waals surface area contributed by atoms with E-state index in [-0.39, 0.29) is 40.7 Å². The molecule has 2 aromatic rings. The molecule has 2 unspecified atom stereocenters. The monoisotopic (exact) mass is 517 g/mol. The van der Waals surface area contributed by atoms with Gasteiger partial charge in [0, 0.05) is 28.9 Å². The number of ketones is 2. The summed E-state index contributed by atoms with van der Waals surface area (Å²) in [5.41, 5.74) is 7.65. The van der Waals surface area contributed by atoms with E-state index in [0.717, 1.165) is 24.0 Å². The van der Waals surface area contributed by atoms with Gasteiger partial charge >= 0.3 is 0 Å². The number of phenols is 2. The number of methoxy groups -OCH3 is 1. The van der Waals surface area contributed by atoms with E-state index >= 15 is 0 Å². The van der Waals surface area contributed by atoms with Gasteiger partial charge in [-0.25, -0.2) is 0 Å². The third kappa shape index (κ3) is 2.73. The summed E-state index contributed by atoms with van der Waals surface area (Å²) in [5.74, 6) is -4.78. The summed E-state index contributed by atoms with van der Waals surface area (Å²) in [6, 6.07) is 1.49. The second kappa shape index (κ2) is 7.62. The SMILES string of the molecule is COc1cc(O)c2c(O)c3c(c4c2c1[C@]1(C4)C(C)=CCCC1(C)C)CC1CC(O)=C(C(N)=O)C(=O)C1C3=O. The zero-order valence-electron chi connectivity index (χ0n) is 21.9. The number of carbonyl (C=O) groups excluding carboxylic acids is 3. The molecule has 0 radical (unpaired) electrons. The highest BCUT2D eigenvalue weighted by Gasteiger charge is 2.57. The number of primary amides is 1. The fourth-order valence-electron chi connectivity index (χ4n) is 8.05. The quantitative estimate of drug-likeness (QED) is 0.267. The molecule has 3 atom stereocenters. The van der Waals surface area contributed by atoms with Crippen LogP contribution in [0.4, 0.5) is 0 Å². The van der Waals surface area contributed by atoms with Gasteiger partial charge in [-0.15, -0.1) is 0 Å². The van der Waals surface area contributed by atoms with E-state index in [9.17, 15) is 29.7 Å². The van der Waals surface area contributed by atoms with E-state index in [1.807, 2.05) is 0 Å². The van der Waals surface area contributed by atoms with Gasteiger partial charge in [0.25, 0.3) is 5.91 Å². The van der Waals surface area contributed by atoms with Gasteiger partial charge in [0.15, 0.2) is 11.6 Å². The molecule has 1 spiro atoms. The largest absolute Gasteiger partial charge is 0.511 e. The number of allylic oxidation sites excluding steroid dienone is 3. The fourth-order valence-corrected chi connectivity index (χ4v) is 8.05. The molecule has 2 aromatic carbocycles. The minimum Gasteiger partial charge on any atom is -0.511 e. The van der Waals surface area contributed by atoms with Crippen molar-refractivity contribution in [1.29, 1.82) is 0 Å². The molecule has 0 heterocycles. The molecule has 38 heavy (non-hydrogen) atoms. The number of nitrogens with two attached hydrogens (primary N) is 1. The lowest BCUT2D eigenvalue weighted by Crippen LogP contribution is -2.45. The first-order valence-corrected chi connectivity index (χ1v) is 13.0. The molecule has 198 valence electrons. The van der Waals surface area contributed by atoms with Gasteiger partial charge in [-0.1, -0.05) is 25.5 Å². The molecule has 4 aliphatic rings. The zero-order chi connectivity index (χ0) is 27.5. The smallest absolute Gasteiger partial charge is 0.255 e. The minimum absolute atomic E-state index is 0.00558. The van der Waals surface area contributed by atoms with Crippen LogP contribution >= 0.6 is 0 Å². The van der Waals surface area contributed by atoms with Gasteiger partial charge in [0.05, 0.1) is 24.0 Å². The summed E-state index contributed by atoms with van der Waals surface area (Å²) >= 11 is 0. The van der Waals surface area contributed by atoms with E-state index in [2.05, 4.69) is 26.8 Å². The minimum atomic E-state index is -1.24. The molecule has 1 amide bonds. The van der Waals surface area contributed by atoms with Crippen LogP contribution < -0.4 is 10.5 Å². The molecule has 8 nitrogen and oxygen atoms in total. The van der Waals surface area contributed by atoms with Crippen LogP contribution in [0.15, 0.2) is 29.0 Å². The number of aliphatic hydroxyl groups is 1. The molecule has 4 aliphatic carbocycles. The number of fused-ring (bicyclic) bond motifs is 4. The number of amides is 1. The van der Waals surface area contributed by atoms with Crippen LogP contribution in [0.3, 0.4) is 0 Å². The van der Waals surface area contributed by atoms with E-state index in [1.54, 1.807) is 7.11 Å². The van der Waals surface area contributed by atoms with Crippen LogP contribution in [-0.2, 0) is 27.8 Å². The van der Waals surface area contributed by atoms with Crippen LogP contribution in [0.1, 0.15) is 67.1 Å². The standard InChI is InChI=1S/C30H31NO7/c1-12-6-5-7-29(2,3)30(12)11-15-14-8-13-9-16(32)23(28(31)37)26(35)19(13)25(34)21(14)27(36)22-17(33)10-18(38-4)24(30)20(15)22/h6,10,13,19,32-33,36H,5,7-9,11H2,1-4H3,(H2,31,37)/t13?,19?,30-/m0/s1. The third-order valence-electron chi connectivity index (χ3n) is 9.83. The molecule has 8 heteroatoms. The maximum absolute atomic E-state index is 13.9. The number of aromatic hydroxyl groups is 2. The second-order valence-corrected chi connectivity index (χ2v) is 11.9. The lowest BCUT2D eigenvalue weighted by atomic mass is 9.54. The molecule has 5 N–H and O–H groups in total. The summed E-state index contributed by atoms with van der Waals surface area (Å²) < 4.78 is 5.82. The van der Waals surface area contributed by atoms with Crippen molar-refractivity contribution in [1.82, 2.24) is 0 Å². The predicted molar refractivity (Wildman–Crippen MR) is 139 cm³/mol. The number of hydrogen-bond acceptors (Lipinski definition) is 7. The van der Waals surface area contributed by atoms with Crippen LogP contribution in [0.5, 0.6) is 17.2 Å². The molecular formula is C30H31NO7. The maximum Gasteiger partial charge on any atom is 0.255 e. The van der Waals surface area contributed by atoms with E-state index in [4.69, 9.17) is 10.5 Å². The Kier molecular flexibility index (Phi) is 4.92. The predicted octanol–water partition coefficient (Wildman–Crippen LogP) is 4.06. The molecular weight excluding hydrogens is 486 g/mol. The molecule has 0 fully saturated rings. The first kappa shape index (κ1) is 24.5. The van der Waals surface area contributed by atoms with E-state index < -0.39 is 46.1 Å². The van der Waals surface area contributed by atoms with E-state index in [0.29, 0.717) is 23.1 Å². The van der Waals surface area contributed by atoms with Crippen LogP contribution in [-0.4, -0.2) is 39.9 Å². The summed E-state index contributed by atoms with van der Waals surface area (Å²) in [6.45, 7) is 6.54. The number of hydrogen-bond donors (Lipinski definition) is 4. The Morgan fingerprint density at radius 3 is 2.42 bits per heavy atom. The molecule has 0 bridgehead atoms. The summed E-state index contributed by atoms with van der Waals surface area (Å²) in [5, 5.41) is 34.0. The van der Waals surface area contributed by atoms with Gasteiger partial charge in [-0.2, -0.15) is 0 Å². The zero-order valence-corrected chi connectivity index (χ0v) is 21.9. The molecule has 6 rings (SSSR count). The Bertz CT molecular complexity index is 1580. The van der Waals surface area contributed by atoms with Gasteiger partial charge < -0.3 is 25.8 Å². The highest BCUT2D eigenvalue weighted by molar-refractivity contribution is 6.29. The van der Waals surface area contributed by atoms with Gasteiger partial charge in [0.2, 0.25) is 0 Å². The number of benzene rings is 2. The van der Waals surface area contributed by atoms with Crippen molar-refractivity contribution in [3.63, 3.8) is 0 Å². The Labute approximate surface area is 219 Å². The maximum atomic E-state index is 13.9. The Balaban J connectivity index is 1.69. The highest BCUT2D eigenvalue weighted by Crippen LogP contribution is 2.65. The Morgan fingerprint density at radius 2 is 1.79 bits per heavy atom.